The van der Waals surface area contributed by atoms with Crippen molar-refractivity contribution in [2.45, 2.75) is 151 Å². The Kier molecular flexibility index (Phi) is 23.1. The highest BCUT2D eigenvalue weighted by atomic mass is 16.7. The van der Waals surface area contributed by atoms with Crippen LogP contribution in [0.4, 0.5) is 0 Å². The number of aliphatic hydroxyl groups excluding tert-OH is 1. The predicted octanol–water partition coefficient (Wildman–Crippen LogP) is 8.75. The molecule has 0 fully saturated rings. The highest BCUT2D eigenvalue weighted by molar-refractivity contribution is 4.63. The van der Waals surface area contributed by atoms with Gasteiger partial charge in [-0.15, -0.1) is 0 Å². The molecular weight excluding hydrogens is 424 g/mol. The van der Waals surface area contributed by atoms with Gasteiger partial charge in [0.15, 0.2) is 12.6 Å². The Hall–Kier alpha value is -0.160. The molecule has 0 spiro atoms. The Morgan fingerprint density at radius 2 is 1.06 bits per heavy atom. The average molecular weight is 487 g/mol. The third-order valence-electron chi connectivity index (χ3n) is 7.74. The zero-order chi connectivity index (χ0) is 25.6. The lowest BCUT2D eigenvalue weighted by Crippen LogP contribution is -2.24. The monoisotopic (exact) mass is 486 g/mol. The summed E-state index contributed by atoms with van der Waals surface area (Å²) in [7, 11) is 0. The maximum atomic E-state index is 10.3. The van der Waals surface area contributed by atoms with Gasteiger partial charge in [0.25, 0.3) is 0 Å². The minimum absolute atomic E-state index is 0.0939. The first kappa shape index (κ1) is 33.8. The molecule has 0 radical (unpaired) electrons. The summed E-state index contributed by atoms with van der Waals surface area (Å²) in [5, 5.41) is 10.3. The fraction of sp³-hybridized carbons (Fsp3) is 1.00. The van der Waals surface area contributed by atoms with E-state index >= 15 is 0 Å². The van der Waals surface area contributed by atoms with Crippen LogP contribution in [0.15, 0.2) is 0 Å². The summed E-state index contributed by atoms with van der Waals surface area (Å²) in [5.74, 6) is 2.43. The third-order valence-corrected chi connectivity index (χ3v) is 7.74. The summed E-state index contributed by atoms with van der Waals surface area (Å²) in [6.45, 7) is 18.0. The summed E-state index contributed by atoms with van der Waals surface area (Å²) in [4.78, 5) is 0. The topological polar surface area (TPSA) is 47.9 Å². The molecule has 0 aromatic rings. The van der Waals surface area contributed by atoms with E-state index < -0.39 is 6.29 Å². The molecule has 4 heteroatoms. The Labute approximate surface area is 213 Å². The third kappa shape index (κ3) is 17.3. The van der Waals surface area contributed by atoms with Crippen LogP contribution in [0.1, 0.15) is 138 Å². The first-order valence-electron chi connectivity index (χ1n) is 15.0. The largest absolute Gasteiger partial charge is 0.368 e. The maximum Gasteiger partial charge on any atom is 0.157 e. The van der Waals surface area contributed by atoms with E-state index in [0.717, 1.165) is 64.1 Å². The summed E-state index contributed by atoms with van der Waals surface area (Å²) < 4.78 is 18.4. The van der Waals surface area contributed by atoms with Crippen LogP contribution in [0.2, 0.25) is 0 Å². The van der Waals surface area contributed by atoms with E-state index in [-0.39, 0.29) is 6.29 Å². The number of hydrogen-bond donors (Lipinski definition) is 1. The standard InChI is InChI=1S/C30H62O4/c1-8-16-26(12-5)22-29(31)33-23-28(14-7)18-15-19-30(32-21-20-25(10-3)11-4)34-24-27(13-6)17-9-2/h25-31H,8-24H2,1-7H3. The zero-order valence-corrected chi connectivity index (χ0v) is 24.2. The molecule has 206 valence electrons. The Morgan fingerprint density at radius 3 is 1.62 bits per heavy atom. The van der Waals surface area contributed by atoms with Crippen molar-refractivity contribution in [1.29, 1.82) is 0 Å². The van der Waals surface area contributed by atoms with E-state index in [1.54, 1.807) is 0 Å². The summed E-state index contributed by atoms with van der Waals surface area (Å²) in [6.07, 6.45) is 14.9. The van der Waals surface area contributed by atoms with E-state index in [1.807, 2.05) is 0 Å². The maximum absolute atomic E-state index is 10.3. The zero-order valence-electron chi connectivity index (χ0n) is 24.2. The van der Waals surface area contributed by atoms with Crippen molar-refractivity contribution in [3.63, 3.8) is 0 Å². The van der Waals surface area contributed by atoms with Gasteiger partial charge < -0.3 is 19.3 Å². The van der Waals surface area contributed by atoms with Crippen molar-refractivity contribution in [3.8, 4) is 0 Å². The molecule has 0 aromatic carbocycles. The first-order valence-corrected chi connectivity index (χ1v) is 15.0. The molecule has 0 aromatic heterocycles. The normalized spacial score (nSPS) is 16.5. The van der Waals surface area contributed by atoms with Gasteiger partial charge in [-0.2, -0.15) is 0 Å². The molecule has 0 aliphatic rings. The van der Waals surface area contributed by atoms with Crippen molar-refractivity contribution >= 4 is 0 Å². The number of rotatable bonds is 25. The summed E-state index contributed by atoms with van der Waals surface area (Å²) in [5.41, 5.74) is 0. The lowest BCUT2D eigenvalue weighted by atomic mass is 9.96. The molecule has 0 rings (SSSR count). The second kappa shape index (κ2) is 23.3. The van der Waals surface area contributed by atoms with Gasteiger partial charge in [-0.1, -0.05) is 99.8 Å². The van der Waals surface area contributed by atoms with E-state index in [2.05, 4.69) is 48.5 Å². The van der Waals surface area contributed by atoms with Gasteiger partial charge in [-0.3, -0.25) is 0 Å². The molecule has 0 heterocycles. The van der Waals surface area contributed by atoms with E-state index in [4.69, 9.17) is 14.2 Å². The van der Waals surface area contributed by atoms with Crippen LogP contribution in [-0.2, 0) is 14.2 Å². The summed E-state index contributed by atoms with van der Waals surface area (Å²) >= 11 is 0. The number of aliphatic hydroxyl groups is 1. The van der Waals surface area contributed by atoms with Crippen molar-refractivity contribution in [3.05, 3.63) is 0 Å². The van der Waals surface area contributed by atoms with Crippen molar-refractivity contribution in [1.82, 2.24) is 0 Å². The Balaban J connectivity index is 4.54. The first-order chi connectivity index (χ1) is 16.5. The van der Waals surface area contributed by atoms with Gasteiger partial charge in [0.2, 0.25) is 0 Å². The van der Waals surface area contributed by atoms with Gasteiger partial charge in [0.05, 0.1) is 13.2 Å². The van der Waals surface area contributed by atoms with Crippen molar-refractivity contribution < 1.29 is 19.3 Å². The van der Waals surface area contributed by atoms with Gasteiger partial charge >= 0.3 is 0 Å². The molecule has 34 heavy (non-hydrogen) atoms. The van der Waals surface area contributed by atoms with Crippen LogP contribution >= 0.6 is 0 Å². The average Bonchev–Trinajstić information content (AvgIpc) is 2.85. The second-order valence-corrected chi connectivity index (χ2v) is 10.5. The minimum Gasteiger partial charge on any atom is -0.368 e. The van der Waals surface area contributed by atoms with Gasteiger partial charge in [0, 0.05) is 13.0 Å². The second-order valence-electron chi connectivity index (χ2n) is 10.5. The molecule has 0 amide bonds. The molecule has 0 saturated heterocycles. The fourth-order valence-electron chi connectivity index (χ4n) is 4.81. The summed E-state index contributed by atoms with van der Waals surface area (Å²) in [6, 6.07) is 0. The lowest BCUT2D eigenvalue weighted by molar-refractivity contribution is -0.157. The van der Waals surface area contributed by atoms with Crippen molar-refractivity contribution in [2.24, 2.45) is 23.7 Å². The smallest absolute Gasteiger partial charge is 0.157 e. The molecular formula is C30H62O4. The molecule has 0 saturated carbocycles. The minimum atomic E-state index is -0.625. The van der Waals surface area contributed by atoms with Crippen LogP contribution in [-0.4, -0.2) is 37.5 Å². The SMILES string of the molecule is CCCC(CC)COC(CCCC(CC)COC(O)CC(CC)CCC)OCCC(CC)CC. The molecule has 0 aliphatic heterocycles. The van der Waals surface area contributed by atoms with E-state index in [1.165, 1.54) is 44.9 Å². The highest BCUT2D eigenvalue weighted by Gasteiger charge is 2.18. The quantitative estimate of drug-likeness (QED) is 0.131. The van der Waals surface area contributed by atoms with Crippen LogP contribution in [0.25, 0.3) is 0 Å². The molecule has 5 atom stereocenters. The molecule has 0 aliphatic carbocycles. The van der Waals surface area contributed by atoms with Crippen LogP contribution < -0.4 is 0 Å². The van der Waals surface area contributed by atoms with Crippen LogP contribution in [0, 0.1) is 23.7 Å². The molecule has 5 unspecified atom stereocenters. The van der Waals surface area contributed by atoms with Gasteiger partial charge in [-0.25, -0.2) is 0 Å². The fourth-order valence-corrected chi connectivity index (χ4v) is 4.81. The molecule has 0 bridgehead atoms. The Bertz CT molecular complexity index is 413. The molecule has 1 N–H and O–H groups in total. The molecule has 4 nitrogen and oxygen atoms in total. The van der Waals surface area contributed by atoms with Crippen LogP contribution in [0.5, 0.6) is 0 Å². The lowest BCUT2D eigenvalue weighted by Gasteiger charge is -2.24. The van der Waals surface area contributed by atoms with Crippen molar-refractivity contribution in [2.75, 3.05) is 19.8 Å². The Morgan fingerprint density at radius 1 is 0.529 bits per heavy atom. The van der Waals surface area contributed by atoms with Crippen LogP contribution in [0.3, 0.4) is 0 Å². The number of ether oxygens (including phenoxy) is 3. The predicted molar refractivity (Wildman–Crippen MR) is 146 cm³/mol. The highest BCUT2D eigenvalue weighted by Crippen LogP contribution is 2.22. The van der Waals surface area contributed by atoms with E-state index in [0.29, 0.717) is 24.4 Å². The van der Waals surface area contributed by atoms with Gasteiger partial charge in [0.1, 0.15) is 0 Å². The van der Waals surface area contributed by atoms with E-state index in [9.17, 15) is 5.11 Å². The number of hydrogen-bond acceptors (Lipinski definition) is 4. The van der Waals surface area contributed by atoms with Gasteiger partial charge in [-0.05, 0) is 55.8 Å².